The molecule has 1 saturated heterocycles. The fourth-order valence-electron chi connectivity index (χ4n) is 2.21. The lowest BCUT2D eigenvalue weighted by Gasteiger charge is -2.19. The number of nitrogens with zero attached hydrogens (tertiary/aromatic N) is 4. The molecule has 22 heavy (non-hydrogen) atoms. The maximum atomic E-state index is 11.9. The van der Waals surface area contributed by atoms with Gasteiger partial charge in [0.1, 0.15) is 12.3 Å². The van der Waals surface area contributed by atoms with Crippen molar-refractivity contribution in [2.24, 2.45) is 5.11 Å². The minimum absolute atomic E-state index is 0.0922. The molecule has 1 fully saturated rings. The van der Waals surface area contributed by atoms with Crippen molar-refractivity contribution in [3.8, 4) is 5.75 Å². The molecule has 0 saturated carbocycles. The van der Waals surface area contributed by atoms with Crippen LogP contribution in [-0.2, 0) is 4.74 Å². The van der Waals surface area contributed by atoms with Crippen molar-refractivity contribution in [1.82, 2.24) is 9.55 Å². The maximum Gasteiger partial charge on any atom is 0.330 e. The molecule has 11 nitrogen and oxygen atoms in total. The predicted octanol–water partition coefficient (Wildman–Crippen LogP) is -0.786. The second-order valence-electron chi connectivity index (χ2n) is 4.63. The van der Waals surface area contributed by atoms with E-state index in [0.29, 0.717) is 0 Å². The smallest absolute Gasteiger partial charge is 0.330 e. The van der Waals surface area contributed by atoms with E-state index in [2.05, 4.69) is 15.0 Å². The molecular formula is C11H15N5O6. The number of aromatic nitrogens is 2. The molecule has 0 radical (unpaired) electrons. The summed E-state index contributed by atoms with van der Waals surface area (Å²) in [4.78, 5) is 28.0. The topological polar surface area (TPSA) is 163 Å². The largest absolute Gasteiger partial charge is 0.487 e. The molecule has 0 amide bonds. The van der Waals surface area contributed by atoms with Crippen molar-refractivity contribution in [2.45, 2.75) is 31.4 Å². The highest BCUT2D eigenvalue weighted by Gasteiger charge is 2.47. The number of aromatic amines is 1. The number of H-pyrrole nitrogens is 1. The minimum atomic E-state index is -1.99. The van der Waals surface area contributed by atoms with Crippen LogP contribution in [0, 0.1) is 0 Å². The zero-order valence-corrected chi connectivity index (χ0v) is 11.7. The highest BCUT2D eigenvalue weighted by Crippen LogP contribution is 2.37. The minimum Gasteiger partial charge on any atom is -0.487 e. The lowest BCUT2D eigenvalue weighted by molar-refractivity contribution is -0.0798. The molecule has 3 N–H and O–H groups in total. The van der Waals surface area contributed by atoms with Crippen LogP contribution < -0.4 is 16.0 Å². The molecule has 1 aliphatic heterocycles. The molecule has 0 spiro atoms. The molecule has 1 aliphatic rings. The van der Waals surface area contributed by atoms with Crippen LogP contribution in [0.1, 0.15) is 19.6 Å². The third-order valence-electron chi connectivity index (χ3n) is 3.24. The van der Waals surface area contributed by atoms with E-state index in [0.717, 1.165) is 10.8 Å². The van der Waals surface area contributed by atoms with Crippen LogP contribution in [-0.4, -0.2) is 44.8 Å². The number of azide groups is 1. The highest BCUT2D eigenvalue weighted by atomic mass is 16.6. The molecule has 0 bridgehead atoms. The van der Waals surface area contributed by atoms with Gasteiger partial charge in [-0.15, -0.1) is 0 Å². The molecule has 0 unspecified atom stereocenters. The van der Waals surface area contributed by atoms with E-state index >= 15 is 0 Å². The lowest BCUT2D eigenvalue weighted by atomic mass is 10.1. The van der Waals surface area contributed by atoms with Crippen molar-refractivity contribution in [3.05, 3.63) is 37.5 Å². The van der Waals surface area contributed by atoms with Gasteiger partial charge in [-0.1, -0.05) is 5.11 Å². The summed E-state index contributed by atoms with van der Waals surface area (Å²) in [5.41, 5.74) is 5.03. The van der Waals surface area contributed by atoms with E-state index in [9.17, 15) is 19.8 Å². The second-order valence-corrected chi connectivity index (χ2v) is 4.63. The molecule has 2 heterocycles. The van der Waals surface area contributed by atoms with Crippen LogP contribution in [0.15, 0.2) is 20.9 Å². The first-order chi connectivity index (χ1) is 10.4. The van der Waals surface area contributed by atoms with E-state index in [1.54, 1.807) is 6.92 Å². The van der Waals surface area contributed by atoms with E-state index < -0.39 is 35.9 Å². The summed E-state index contributed by atoms with van der Waals surface area (Å²) in [5.74, 6) is -0.0922. The van der Waals surface area contributed by atoms with Gasteiger partial charge in [-0.3, -0.25) is 14.3 Å². The molecule has 120 valence electrons. The number of nitrogens with one attached hydrogen (secondary N) is 1. The first kappa shape index (κ1) is 16.0. The van der Waals surface area contributed by atoms with Crippen LogP contribution in [0.4, 0.5) is 0 Å². The number of rotatable bonds is 5. The average molecular weight is 313 g/mol. The van der Waals surface area contributed by atoms with E-state index in [1.165, 1.54) is 0 Å². The zero-order valence-electron chi connectivity index (χ0n) is 11.7. The summed E-state index contributed by atoms with van der Waals surface area (Å²) in [7, 11) is 0. The Bertz CT molecular complexity index is 708. The van der Waals surface area contributed by atoms with E-state index in [4.69, 9.17) is 15.0 Å². The molecular weight excluding hydrogens is 298 g/mol. The Morgan fingerprint density at radius 1 is 1.68 bits per heavy atom. The van der Waals surface area contributed by atoms with E-state index in [1.807, 2.05) is 0 Å². The van der Waals surface area contributed by atoms with Gasteiger partial charge in [0.15, 0.2) is 5.72 Å². The van der Waals surface area contributed by atoms with Crippen molar-refractivity contribution in [2.75, 3.05) is 13.2 Å². The van der Waals surface area contributed by atoms with Gasteiger partial charge >= 0.3 is 5.69 Å². The summed E-state index contributed by atoms with van der Waals surface area (Å²) in [6, 6.07) is 0. The van der Waals surface area contributed by atoms with Crippen molar-refractivity contribution >= 4 is 0 Å². The summed E-state index contributed by atoms with van der Waals surface area (Å²) in [5, 5.41) is 22.6. The van der Waals surface area contributed by atoms with Gasteiger partial charge in [0.05, 0.1) is 19.4 Å². The number of hydrogen-bond acceptors (Lipinski definition) is 7. The van der Waals surface area contributed by atoms with Gasteiger partial charge in [-0.05, 0) is 12.5 Å². The van der Waals surface area contributed by atoms with Crippen molar-refractivity contribution in [1.29, 1.82) is 0 Å². The lowest BCUT2D eigenvalue weighted by Crippen LogP contribution is -2.38. The summed E-state index contributed by atoms with van der Waals surface area (Å²) < 4.78 is 11.4. The first-order valence-corrected chi connectivity index (χ1v) is 6.48. The Hall–Kier alpha value is -2.33. The quantitative estimate of drug-likeness (QED) is 0.366. The molecule has 0 aromatic carbocycles. The standard InChI is InChI=1S/C11H15N5O6/c1-2-21-6-4-16(10(19)13-9(6)18)8-3-11(20,14-15-12)7(5-17)22-8/h4,7-8,17,20H,2-3,5H2,1H3,(H,13,18,19)/t7-,8-,11+/m1/s1. The molecule has 3 atom stereocenters. The second kappa shape index (κ2) is 6.20. The number of ether oxygens (including phenoxy) is 2. The fraction of sp³-hybridized carbons (Fsp3) is 0.636. The van der Waals surface area contributed by atoms with Gasteiger partial charge in [-0.25, -0.2) is 4.79 Å². The Morgan fingerprint density at radius 3 is 3.00 bits per heavy atom. The van der Waals surface area contributed by atoms with Crippen LogP contribution in [0.5, 0.6) is 5.75 Å². The van der Waals surface area contributed by atoms with Gasteiger partial charge in [0, 0.05) is 11.3 Å². The van der Waals surface area contributed by atoms with Gasteiger partial charge in [-0.2, -0.15) is 0 Å². The first-order valence-electron chi connectivity index (χ1n) is 6.48. The molecule has 11 heteroatoms. The fourth-order valence-corrected chi connectivity index (χ4v) is 2.21. The van der Waals surface area contributed by atoms with Crippen molar-refractivity contribution in [3.63, 3.8) is 0 Å². The van der Waals surface area contributed by atoms with Crippen LogP contribution in [0.2, 0.25) is 0 Å². The van der Waals surface area contributed by atoms with E-state index in [-0.39, 0.29) is 18.8 Å². The Morgan fingerprint density at radius 2 is 2.41 bits per heavy atom. The molecule has 1 aromatic heterocycles. The summed E-state index contributed by atoms with van der Waals surface area (Å²) in [6.07, 6.45) is -1.34. The van der Waals surface area contributed by atoms with Gasteiger partial charge in [0.2, 0.25) is 5.75 Å². The average Bonchev–Trinajstić information content (AvgIpc) is 2.79. The Kier molecular flexibility index (Phi) is 4.52. The number of hydrogen-bond donors (Lipinski definition) is 3. The Balaban J connectivity index is 2.41. The van der Waals surface area contributed by atoms with Gasteiger partial charge in [0.25, 0.3) is 5.56 Å². The Labute approximate surface area is 123 Å². The summed E-state index contributed by atoms with van der Waals surface area (Å²) in [6.45, 7) is 1.28. The predicted molar refractivity (Wildman–Crippen MR) is 72.2 cm³/mol. The molecule has 0 aliphatic carbocycles. The number of aliphatic hydroxyl groups is 2. The maximum absolute atomic E-state index is 11.9. The molecule has 2 rings (SSSR count). The van der Waals surface area contributed by atoms with Crippen LogP contribution in [0.25, 0.3) is 10.4 Å². The zero-order chi connectivity index (χ0) is 16.3. The number of aliphatic hydroxyl groups excluding tert-OH is 1. The highest BCUT2D eigenvalue weighted by molar-refractivity contribution is 5.12. The SMILES string of the molecule is CCOc1cn([C@H]2C[C@@](O)(N=[N+]=[N-])[C@@H](CO)O2)c(=O)[nH]c1=O. The molecule has 1 aromatic rings. The van der Waals surface area contributed by atoms with Crippen LogP contribution in [0.3, 0.4) is 0 Å². The van der Waals surface area contributed by atoms with Gasteiger partial charge < -0.3 is 19.7 Å². The monoisotopic (exact) mass is 313 g/mol. The van der Waals surface area contributed by atoms with Crippen molar-refractivity contribution < 1.29 is 19.7 Å². The third kappa shape index (κ3) is 2.83. The van der Waals surface area contributed by atoms with Crippen LogP contribution >= 0.6 is 0 Å². The third-order valence-corrected chi connectivity index (χ3v) is 3.24. The summed E-state index contributed by atoms with van der Waals surface area (Å²) >= 11 is 0. The normalized spacial score (nSPS) is 27.4.